The van der Waals surface area contributed by atoms with Crippen LogP contribution in [0.5, 0.6) is 0 Å². The zero-order valence-electron chi connectivity index (χ0n) is 9.85. The Labute approximate surface area is 105 Å². The summed E-state index contributed by atoms with van der Waals surface area (Å²) in [6, 6.07) is 19.0. The van der Waals surface area contributed by atoms with Gasteiger partial charge in [0, 0.05) is 0 Å². The van der Waals surface area contributed by atoms with Crippen LogP contribution in [0, 0.1) is 0 Å². The first-order valence-corrected chi connectivity index (χ1v) is 6.15. The quantitative estimate of drug-likeness (QED) is 0.526. The van der Waals surface area contributed by atoms with Crippen LogP contribution in [0.1, 0.15) is 5.56 Å². The highest BCUT2D eigenvalue weighted by atomic mass is 16.3. The molecule has 86 valence electrons. The zero-order valence-corrected chi connectivity index (χ0v) is 9.85. The summed E-state index contributed by atoms with van der Waals surface area (Å²) in [5, 5.41) is 12.1. The van der Waals surface area contributed by atoms with E-state index in [0.29, 0.717) is 0 Å². The van der Waals surface area contributed by atoms with Crippen molar-refractivity contribution in [2.24, 2.45) is 0 Å². The van der Waals surface area contributed by atoms with Gasteiger partial charge in [-0.15, -0.1) is 0 Å². The van der Waals surface area contributed by atoms with Crippen LogP contribution in [-0.4, -0.2) is 5.11 Å². The molecule has 0 spiro atoms. The number of hydrogen-bond donors (Lipinski definition) is 1. The van der Waals surface area contributed by atoms with Crippen LogP contribution in [0.25, 0.3) is 33.0 Å². The van der Waals surface area contributed by atoms with Crippen LogP contribution in [0.15, 0.2) is 54.6 Å². The lowest BCUT2D eigenvalue weighted by atomic mass is 9.99. The van der Waals surface area contributed by atoms with Crippen LogP contribution < -0.4 is 0 Å². The van der Waals surface area contributed by atoms with Crippen molar-refractivity contribution in [2.75, 3.05) is 0 Å². The first-order valence-electron chi connectivity index (χ1n) is 6.15. The Balaban J connectivity index is 2.24. The lowest BCUT2D eigenvalue weighted by Gasteiger charge is -2.06. The first kappa shape index (κ1) is 9.86. The van der Waals surface area contributed by atoms with Crippen LogP contribution in [-0.2, 0) is 6.61 Å². The molecule has 3 aromatic rings. The average Bonchev–Trinajstić information content (AvgIpc) is 2.77. The molecule has 3 aromatic carbocycles. The Morgan fingerprint density at radius 3 is 2.17 bits per heavy atom. The highest BCUT2D eigenvalue weighted by molar-refractivity contribution is 6.15. The summed E-state index contributed by atoms with van der Waals surface area (Å²) >= 11 is 0. The van der Waals surface area contributed by atoms with Crippen molar-refractivity contribution in [3.8, 4) is 22.3 Å². The molecule has 18 heavy (non-hydrogen) atoms. The lowest BCUT2D eigenvalue weighted by molar-refractivity contribution is 0.282. The van der Waals surface area contributed by atoms with E-state index >= 15 is 0 Å². The topological polar surface area (TPSA) is 20.2 Å². The molecular weight excluding hydrogens is 220 g/mol. The summed E-state index contributed by atoms with van der Waals surface area (Å²) in [5.74, 6) is 0. The van der Waals surface area contributed by atoms with Crippen molar-refractivity contribution in [1.82, 2.24) is 0 Å². The monoisotopic (exact) mass is 232 g/mol. The van der Waals surface area contributed by atoms with E-state index in [2.05, 4.69) is 42.5 Å². The highest BCUT2D eigenvalue weighted by Crippen LogP contribution is 2.48. The third-order valence-corrected chi connectivity index (χ3v) is 3.79. The fraction of sp³-hybridized carbons (Fsp3) is 0.0588. The van der Waals surface area contributed by atoms with Gasteiger partial charge in [-0.2, -0.15) is 0 Å². The van der Waals surface area contributed by atoms with Gasteiger partial charge in [0.25, 0.3) is 0 Å². The third kappa shape index (κ3) is 1.09. The van der Waals surface area contributed by atoms with Gasteiger partial charge in [0.05, 0.1) is 6.61 Å². The summed E-state index contributed by atoms with van der Waals surface area (Å²) in [6.45, 7) is 0.0908. The molecule has 1 N–H and O–H groups in total. The second-order valence-corrected chi connectivity index (χ2v) is 4.71. The van der Waals surface area contributed by atoms with E-state index in [0.717, 1.165) is 5.56 Å². The predicted octanol–water partition coefficient (Wildman–Crippen LogP) is 3.98. The first-order chi connectivity index (χ1) is 8.90. The molecule has 0 fully saturated rings. The SMILES string of the molecule is OCc1cccc2c1-c1cccc3cccc-2c13. The molecule has 1 heteroatoms. The summed E-state index contributed by atoms with van der Waals surface area (Å²) in [6.07, 6.45) is 0. The third-order valence-electron chi connectivity index (χ3n) is 3.79. The molecule has 0 unspecified atom stereocenters. The summed E-state index contributed by atoms with van der Waals surface area (Å²) in [7, 11) is 0. The molecule has 1 aliphatic carbocycles. The van der Waals surface area contributed by atoms with Gasteiger partial charge in [-0.1, -0.05) is 54.6 Å². The van der Waals surface area contributed by atoms with E-state index in [-0.39, 0.29) is 6.61 Å². The Bertz CT molecular complexity index is 766. The van der Waals surface area contributed by atoms with Gasteiger partial charge in [0.15, 0.2) is 0 Å². The summed E-state index contributed by atoms with van der Waals surface area (Å²) in [5.41, 5.74) is 5.99. The average molecular weight is 232 g/mol. The minimum atomic E-state index is 0.0908. The molecule has 0 aromatic heterocycles. The number of benzene rings is 3. The maximum Gasteiger partial charge on any atom is 0.0688 e. The number of aliphatic hydroxyl groups excluding tert-OH is 1. The van der Waals surface area contributed by atoms with Crippen LogP contribution >= 0.6 is 0 Å². The van der Waals surface area contributed by atoms with Gasteiger partial charge < -0.3 is 5.11 Å². The Kier molecular flexibility index (Phi) is 1.88. The molecule has 1 nitrogen and oxygen atoms in total. The van der Waals surface area contributed by atoms with E-state index < -0.39 is 0 Å². The van der Waals surface area contributed by atoms with Crippen molar-refractivity contribution in [3.05, 3.63) is 60.2 Å². The maximum absolute atomic E-state index is 9.54. The second kappa shape index (κ2) is 3.44. The minimum Gasteiger partial charge on any atom is -0.392 e. The van der Waals surface area contributed by atoms with Gasteiger partial charge in [-0.3, -0.25) is 0 Å². The summed E-state index contributed by atoms with van der Waals surface area (Å²) in [4.78, 5) is 0. The second-order valence-electron chi connectivity index (χ2n) is 4.71. The predicted molar refractivity (Wildman–Crippen MR) is 74.3 cm³/mol. The van der Waals surface area contributed by atoms with Crippen molar-refractivity contribution in [3.63, 3.8) is 0 Å². The standard InChI is InChI=1S/C17H12O/c18-10-12-6-3-8-14-13-7-1-4-11-5-2-9-15(16(11)13)17(12)14/h1-9,18H,10H2. The summed E-state index contributed by atoms with van der Waals surface area (Å²) < 4.78 is 0. The maximum atomic E-state index is 9.54. The van der Waals surface area contributed by atoms with E-state index in [4.69, 9.17) is 0 Å². The van der Waals surface area contributed by atoms with Crippen molar-refractivity contribution >= 4 is 10.8 Å². The number of fused-ring (bicyclic) bond motifs is 3. The lowest BCUT2D eigenvalue weighted by Crippen LogP contribution is -1.88. The minimum absolute atomic E-state index is 0.0908. The van der Waals surface area contributed by atoms with E-state index in [1.165, 1.54) is 33.0 Å². The van der Waals surface area contributed by atoms with E-state index in [1.807, 2.05) is 12.1 Å². The number of rotatable bonds is 1. The normalized spacial score (nSPS) is 11.8. The highest BCUT2D eigenvalue weighted by Gasteiger charge is 2.22. The molecule has 0 bridgehead atoms. The van der Waals surface area contributed by atoms with Crippen molar-refractivity contribution < 1.29 is 5.11 Å². The molecule has 0 heterocycles. The molecule has 4 rings (SSSR count). The molecule has 0 radical (unpaired) electrons. The van der Waals surface area contributed by atoms with Gasteiger partial charge in [-0.05, 0) is 38.6 Å². The Morgan fingerprint density at radius 2 is 1.39 bits per heavy atom. The molecule has 0 atom stereocenters. The van der Waals surface area contributed by atoms with Crippen LogP contribution in [0.3, 0.4) is 0 Å². The number of aliphatic hydroxyl groups is 1. The van der Waals surface area contributed by atoms with Crippen molar-refractivity contribution in [1.29, 1.82) is 0 Å². The molecule has 0 aliphatic heterocycles. The van der Waals surface area contributed by atoms with E-state index in [1.54, 1.807) is 0 Å². The van der Waals surface area contributed by atoms with E-state index in [9.17, 15) is 5.11 Å². The smallest absolute Gasteiger partial charge is 0.0688 e. The molecule has 0 saturated heterocycles. The van der Waals surface area contributed by atoms with Crippen LogP contribution in [0.2, 0.25) is 0 Å². The van der Waals surface area contributed by atoms with Gasteiger partial charge >= 0.3 is 0 Å². The van der Waals surface area contributed by atoms with Crippen LogP contribution in [0.4, 0.5) is 0 Å². The van der Waals surface area contributed by atoms with Gasteiger partial charge in [-0.25, -0.2) is 0 Å². The molecule has 0 amide bonds. The van der Waals surface area contributed by atoms with Crippen molar-refractivity contribution in [2.45, 2.75) is 6.61 Å². The molecule has 1 aliphatic rings. The molecular formula is C17H12O. The van der Waals surface area contributed by atoms with Gasteiger partial charge in [0.2, 0.25) is 0 Å². The fourth-order valence-corrected chi connectivity index (χ4v) is 3.05. The zero-order chi connectivity index (χ0) is 12.1. The van der Waals surface area contributed by atoms with Gasteiger partial charge in [0.1, 0.15) is 0 Å². The largest absolute Gasteiger partial charge is 0.392 e. The fourth-order valence-electron chi connectivity index (χ4n) is 3.05. The number of hydrogen-bond acceptors (Lipinski definition) is 1. The molecule has 0 saturated carbocycles. The Morgan fingerprint density at radius 1 is 0.722 bits per heavy atom. The Hall–Kier alpha value is -2.12.